The summed E-state index contributed by atoms with van der Waals surface area (Å²) in [6, 6.07) is 4.22. The van der Waals surface area contributed by atoms with Crippen molar-refractivity contribution in [2.24, 2.45) is 5.41 Å². The Labute approximate surface area is 112 Å². The third-order valence-electron chi connectivity index (χ3n) is 4.19. The predicted octanol–water partition coefficient (Wildman–Crippen LogP) is 4.56. The highest BCUT2D eigenvalue weighted by Crippen LogP contribution is 2.42. The van der Waals surface area contributed by atoms with E-state index in [1.54, 1.807) is 0 Å². The van der Waals surface area contributed by atoms with Crippen LogP contribution < -0.4 is 0 Å². The van der Waals surface area contributed by atoms with Crippen LogP contribution in [-0.4, -0.2) is 5.78 Å². The summed E-state index contributed by atoms with van der Waals surface area (Å²) in [7, 11) is 0. The molecule has 1 aromatic rings. The molecular weight excluding hydrogens is 251 g/mol. The number of carbonyl (C=O) groups is 1. The van der Waals surface area contributed by atoms with Crippen LogP contribution in [0.2, 0.25) is 5.02 Å². The number of hydrogen-bond acceptors (Lipinski definition) is 1. The van der Waals surface area contributed by atoms with Gasteiger partial charge in [0, 0.05) is 16.9 Å². The minimum Gasteiger partial charge on any atom is -0.299 e. The Balaban J connectivity index is 2.18. The van der Waals surface area contributed by atoms with E-state index < -0.39 is 0 Å². The van der Waals surface area contributed by atoms with Gasteiger partial charge in [-0.2, -0.15) is 0 Å². The Hall–Kier alpha value is -0.890. The molecule has 1 saturated carbocycles. The summed E-state index contributed by atoms with van der Waals surface area (Å²) in [5.74, 6) is -0.117. The Bertz CT molecular complexity index is 450. The molecule has 0 saturated heterocycles. The highest BCUT2D eigenvalue weighted by molar-refractivity contribution is 6.31. The number of hydrogen-bond donors (Lipinski definition) is 0. The van der Waals surface area contributed by atoms with Crippen LogP contribution in [-0.2, 0) is 11.2 Å². The fourth-order valence-corrected chi connectivity index (χ4v) is 3.10. The molecule has 18 heavy (non-hydrogen) atoms. The first-order valence-electron chi connectivity index (χ1n) is 6.54. The lowest BCUT2D eigenvalue weighted by Gasteiger charge is -2.25. The normalized spacial score (nSPS) is 17.9. The van der Waals surface area contributed by atoms with Crippen molar-refractivity contribution in [3.8, 4) is 0 Å². The molecule has 0 heterocycles. The number of carbonyl (C=O) groups excluding carboxylic acids is 1. The zero-order chi connectivity index (χ0) is 13.2. The molecule has 0 N–H and O–H groups in total. The molecule has 0 bridgehead atoms. The second-order valence-electron chi connectivity index (χ2n) is 5.18. The number of rotatable bonds is 4. The van der Waals surface area contributed by atoms with Crippen LogP contribution in [0.4, 0.5) is 4.39 Å². The van der Waals surface area contributed by atoms with E-state index in [-0.39, 0.29) is 23.4 Å². The van der Waals surface area contributed by atoms with E-state index in [1.807, 2.05) is 0 Å². The van der Waals surface area contributed by atoms with Crippen LogP contribution in [0.1, 0.15) is 44.6 Å². The number of ketones is 1. The van der Waals surface area contributed by atoms with Gasteiger partial charge in [0.05, 0.1) is 0 Å². The minimum absolute atomic E-state index is 0.185. The van der Waals surface area contributed by atoms with E-state index in [2.05, 4.69) is 6.92 Å². The predicted molar refractivity (Wildman–Crippen MR) is 71.3 cm³/mol. The van der Waals surface area contributed by atoms with E-state index in [1.165, 1.54) is 18.2 Å². The molecule has 1 nitrogen and oxygen atoms in total. The summed E-state index contributed by atoms with van der Waals surface area (Å²) in [5, 5.41) is 0.481. The molecule has 0 aromatic heterocycles. The summed E-state index contributed by atoms with van der Waals surface area (Å²) in [6.45, 7) is 2.07. The molecule has 1 aliphatic rings. The molecule has 1 aliphatic carbocycles. The molecule has 0 unspecified atom stereocenters. The third kappa shape index (κ3) is 2.59. The highest BCUT2D eigenvalue weighted by atomic mass is 35.5. The second-order valence-corrected chi connectivity index (χ2v) is 5.58. The van der Waals surface area contributed by atoms with Crippen molar-refractivity contribution in [2.45, 2.75) is 45.4 Å². The van der Waals surface area contributed by atoms with Gasteiger partial charge in [0.15, 0.2) is 0 Å². The quantitative estimate of drug-likeness (QED) is 0.782. The first-order valence-corrected chi connectivity index (χ1v) is 6.92. The lowest BCUT2D eigenvalue weighted by Crippen LogP contribution is -2.28. The maximum absolute atomic E-state index is 13.2. The van der Waals surface area contributed by atoms with Crippen molar-refractivity contribution in [3.05, 3.63) is 34.6 Å². The average Bonchev–Trinajstić information content (AvgIpc) is 2.84. The largest absolute Gasteiger partial charge is 0.299 e. The SMILES string of the molecule is CCC1(C(=O)Cc2cc(F)ccc2Cl)CCCC1. The van der Waals surface area contributed by atoms with Crippen LogP contribution in [0, 0.1) is 11.2 Å². The lowest BCUT2D eigenvalue weighted by atomic mass is 9.77. The second kappa shape index (κ2) is 5.40. The summed E-state index contributed by atoms with van der Waals surface area (Å²) in [6.07, 6.45) is 5.31. The highest BCUT2D eigenvalue weighted by Gasteiger charge is 2.38. The van der Waals surface area contributed by atoms with Crippen LogP contribution in [0.15, 0.2) is 18.2 Å². The molecule has 0 aliphatic heterocycles. The van der Waals surface area contributed by atoms with E-state index in [0.717, 1.165) is 32.1 Å². The molecular formula is C15H18ClFO. The van der Waals surface area contributed by atoms with Gasteiger partial charge in [-0.3, -0.25) is 4.79 Å². The molecule has 0 spiro atoms. The van der Waals surface area contributed by atoms with E-state index in [4.69, 9.17) is 11.6 Å². The standard InChI is InChI=1S/C15H18ClFO/c1-2-15(7-3-4-8-15)14(18)10-11-9-12(17)5-6-13(11)16/h5-6,9H,2-4,7-8,10H2,1H3. The Morgan fingerprint density at radius 3 is 2.67 bits per heavy atom. The van der Waals surface area contributed by atoms with Gasteiger partial charge in [0.1, 0.15) is 11.6 Å². The maximum Gasteiger partial charge on any atom is 0.143 e. The zero-order valence-corrected chi connectivity index (χ0v) is 11.4. The van der Waals surface area contributed by atoms with Crippen molar-refractivity contribution in [1.29, 1.82) is 0 Å². The topological polar surface area (TPSA) is 17.1 Å². The van der Waals surface area contributed by atoms with Crippen LogP contribution >= 0.6 is 11.6 Å². The fourth-order valence-electron chi connectivity index (χ4n) is 2.92. The van der Waals surface area contributed by atoms with Crippen molar-refractivity contribution in [2.75, 3.05) is 0 Å². The molecule has 98 valence electrons. The molecule has 3 heteroatoms. The minimum atomic E-state index is -0.334. The summed E-state index contributed by atoms with van der Waals surface area (Å²) >= 11 is 6.02. The Morgan fingerprint density at radius 1 is 1.39 bits per heavy atom. The first-order chi connectivity index (χ1) is 8.57. The fraction of sp³-hybridized carbons (Fsp3) is 0.533. The van der Waals surface area contributed by atoms with Crippen molar-refractivity contribution in [3.63, 3.8) is 0 Å². The monoisotopic (exact) mass is 268 g/mol. The van der Waals surface area contributed by atoms with Gasteiger partial charge in [-0.05, 0) is 43.0 Å². The maximum atomic E-state index is 13.2. The lowest BCUT2D eigenvalue weighted by molar-refractivity contribution is -0.128. The van der Waals surface area contributed by atoms with E-state index in [9.17, 15) is 9.18 Å². The smallest absolute Gasteiger partial charge is 0.143 e. The zero-order valence-electron chi connectivity index (χ0n) is 10.6. The van der Waals surface area contributed by atoms with Crippen molar-refractivity contribution < 1.29 is 9.18 Å². The van der Waals surface area contributed by atoms with Crippen LogP contribution in [0.5, 0.6) is 0 Å². The molecule has 1 fully saturated rings. The van der Waals surface area contributed by atoms with Crippen LogP contribution in [0.25, 0.3) is 0 Å². The number of benzene rings is 1. The molecule has 2 rings (SSSR count). The van der Waals surface area contributed by atoms with Gasteiger partial charge in [0.25, 0.3) is 0 Å². The summed E-state index contributed by atoms with van der Waals surface area (Å²) in [5.41, 5.74) is 0.428. The molecule has 0 atom stereocenters. The van der Waals surface area contributed by atoms with Gasteiger partial charge >= 0.3 is 0 Å². The van der Waals surface area contributed by atoms with E-state index >= 15 is 0 Å². The van der Waals surface area contributed by atoms with Gasteiger partial charge in [-0.25, -0.2) is 4.39 Å². The molecule has 0 amide bonds. The Kier molecular flexibility index (Phi) is 4.06. The van der Waals surface area contributed by atoms with Crippen LogP contribution in [0.3, 0.4) is 0 Å². The summed E-state index contributed by atoms with van der Waals surface area (Å²) in [4.78, 5) is 12.5. The number of halogens is 2. The molecule has 1 aromatic carbocycles. The third-order valence-corrected chi connectivity index (χ3v) is 4.56. The van der Waals surface area contributed by atoms with Crippen molar-refractivity contribution >= 4 is 17.4 Å². The number of Topliss-reactive ketones (excluding diaryl/α,β-unsaturated/α-hetero) is 1. The van der Waals surface area contributed by atoms with Gasteiger partial charge < -0.3 is 0 Å². The van der Waals surface area contributed by atoms with Gasteiger partial charge in [0.2, 0.25) is 0 Å². The molecule has 0 radical (unpaired) electrons. The average molecular weight is 269 g/mol. The summed E-state index contributed by atoms with van der Waals surface area (Å²) < 4.78 is 13.2. The first kappa shape index (κ1) is 13.5. The Morgan fingerprint density at radius 2 is 2.06 bits per heavy atom. The van der Waals surface area contributed by atoms with E-state index in [0.29, 0.717) is 10.6 Å². The van der Waals surface area contributed by atoms with Gasteiger partial charge in [-0.1, -0.05) is 31.4 Å². The van der Waals surface area contributed by atoms with Crippen molar-refractivity contribution in [1.82, 2.24) is 0 Å². The van der Waals surface area contributed by atoms with Gasteiger partial charge in [-0.15, -0.1) is 0 Å².